The molecule has 2 rings (SSSR count). The van der Waals surface area contributed by atoms with E-state index in [0.29, 0.717) is 5.88 Å². The van der Waals surface area contributed by atoms with Crippen molar-refractivity contribution in [3.8, 4) is 11.6 Å². The number of hydrogen-bond acceptors (Lipinski definition) is 3. The average Bonchev–Trinajstić information content (AvgIpc) is 2.29. The molecule has 1 aromatic carbocycles. The van der Waals surface area contributed by atoms with Crippen LogP contribution in [0.3, 0.4) is 0 Å². The molecule has 0 amide bonds. The number of hydrogen-bond donors (Lipinski definition) is 1. The molecular formula is C13H12INO2. The topological polar surface area (TPSA) is 42.4 Å². The van der Waals surface area contributed by atoms with E-state index in [1.807, 2.05) is 24.3 Å². The molecule has 0 aliphatic rings. The molecule has 2 aromatic rings. The van der Waals surface area contributed by atoms with Crippen molar-refractivity contribution >= 4 is 22.6 Å². The highest BCUT2D eigenvalue weighted by Crippen LogP contribution is 2.23. The van der Waals surface area contributed by atoms with Gasteiger partial charge in [-0.25, -0.2) is 4.98 Å². The Morgan fingerprint density at radius 1 is 1.29 bits per heavy atom. The first-order valence-electron chi connectivity index (χ1n) is 5.22. The summed E-state index contributed by atoms with van der Waals surface area (Å²) in [6.45, 7) is 1.71. The van der Waals surface area contributed by atoms with Crippen molar-refractivity contribution in [3.05, 3.63) is 51.7 Å². The van der Waals surface area contributed by atoms with E-state index < -0.39 is 6.10 Å². The van der Waals surface area contributed by atoms with Crippen LogP contribution in [0.15, 0.2) is 42.6 Å². The predicted octanol–water partition coefficient (Wildman–Crippen LogP) is 3.53. The molecule has 88 valence electrons. The van der Waals surface area contributed by atoms with E-state index >= 15 is 0 Å². The Hall–Kier alpha value is -1.14. The SMILES string of the molecule is C[C@@H](O)c1ccnc(Oc2cccc(I)c2)c1. The lowest BCUT2D eigenvalue weighted by molar-refractivity contribution is 0.198. The molecule has 0 aliphatic heterocycles. The molecule has 1 heterocycles. The fourth-order valence-corrected chi connectivity index (χ4v) is 1.91. The van der Waals surface area contributed by atoms with Crippen LogP contribution in [0.4, 0.5) is 0 Å². The highest BCUT2D eigenvalue weighted by Gasteiger charge is 2.04. The Bertz CT molecular complexity index is 514. The molecule has 1 aromatic heterocycles. The monoisotopic (exact) mass is 341 g/mol. The molecule has 17 heavy (non-hydrogen) atoms. The summed E-state index contributed by atoms with van der Waals surface area (Å²) in [5.41, 5.74) is 0.792. The third kappa shape index (κ3) is 3.41. The van der Waals surface area contributed by atoms with Gasteiger partial charge in [-0.05, 0) is 59.3 Å². The molecule has 0 spiro atoms. The van der Waals surface area contributed by atoms with Gasteiger partial charge in [0.2, 0.25) is 5.88 Å². The maximum absolute atomic E-state index is 9.47. The van der Waals surface area contributed by atoms with Crippen LogP contribution in [0.1, 0.15) is 18.6 Å². The average molecular weight is 341 g/mol. The normalized spacial score (nSPS) is 12.2. The summed E-state index contributed by atoms with van der Waals surface area (Å²) in [7, 11) is 0. The number of ether oxygens (including phenoxy) is 1. The summed E-state index contributed by atoms with van der Waals surface area (Å²) in [4.78, 5) is 4.11. The van der Waals surface area contributed by atoms with Crippen LogP contribution in [-0.4, -0.2) is 10.1 Å². The molecule has 1 atom stereocenters. The van der Waals surface area contributed by atoms with Gasteiger partial charge in [0.15, 0.2) is 0 Å². The second-order valence-corrected chi connectivity index (χ2v) is 4.91. The van der Waals surface area contributed by atoms with Gasteiger partial charge in [0.25, 0.3) is 0 Å². The third-order valence-electron chi connectivity index (χ3n) is 2.26. The molecule has 0 bridgehead atoms. The lowest BCUT2D eigenvalue weighted by Crippen LogP contribution is -1.94. The van der Waals surface area contributed by atoms with Crippen LogP contribution < -0.4 is 4.74 Å². The molecule has 0 fully saturated rings. The maximum atomic E-state index is 9.47. The molecule has 3 nitrogen and oxygen atoms in total. The van der Waals surface area contributed by atoms with Gasteiger partial charge in [-0.1, -0.05) is 6.07 Å². The first-order valence-corrected chi connectivity index (χ1v) is 6.30. The Morgan fingerprint density at radius 3 is 2.82 bits per heavy atom. The van der Waals surface area contributed by atoms with Crippen LogP contribution in [0.25, 0.3) is 0 Å². The van der Waals surface area contributed by atoms with Crippen LogP contribution in [0.2, 0.25) is 0 Å². The molecule has 4 heteroatoms. The van der Waals surface area contributed by atoms with Crippen molar-refractivity contribution in [3.63, 3.8) is 0 Å². The molecule has 0 saturated carbocycles. The zero-order chi connectivity index (χ0) is 12.3. The van der Waals surface area contributed by atoms with Gasteiger partial charge in [0.05, 0.1) is 6.10 Å². The van der Waals surface area contributed by atoms with Crippen LogP contribution in [0.5, 0.6) is 11.6 Å². The zero-order valence-corrected chi connectivity index (χ0v) is 11.5. The van der Waals surface area contributed by atoms with Crippen molar-refractivity contribution < 1.29 is 9.84 Å². The molecule has 1 N–H and O–H groups in total. The largest absolute Gasteiger partial charge is 0.439 e. The minimum absolute atomic E-state index is 0.491. The van der Waals surface area contributed by atoms with E-state index in [-0.39, 0.29) is 0 Å². The molecular weight excluding hydrogens is 329 g/mol. The predicted molar refractivity (Wildman–Crippen MR) is 74.1 cm³/mol. The van der Waals surface area contributed by atoms with Crippen molar-refractivity contribution in [1.82, 2.24) is 4.98 Å². The smallest absolute Gasteiger partial charge is 0.219 e. The number of aliphatic hydroxyl groups is 1. The van der Waals surface area contributed by atoms with Gasteiger partial charge in [-0.15, -0.1) is 0 Å². The van der Waals surface area contributed by atoms with Crippen molar-refractivity contribution in [2.75, 3.05) is 0 Å². The molecule has 0 aliphatic carbocycles. The minimum Gasteiger partial charge on any atom is -0.439 e. The standard InChI is InChI=1S/C13H12INO2/c1-9(16)10-5-6-15-13(7-10)17-12-4-2-3-11(14)8-12/h2-9,16H,1H3/t9-/m1/s1. The number of halogens is 1. The van der Waals surface area contributed by atoms with Gasteiger partial charge in [0, 0.05) is 15.8 Å². The lowest BCUT2D eigenvalue weighted by Gasteiger charge is -2.08. The van der Waals surface area contributed by atoms with Crippen LogP contribution in [0, 0.1) is 3.57 Å². The molecule has 0 saturated heterocycles. The second kappa shape index (κ2) is 5.46. The Balaban J connectivity index is 2.21. The third-order valence-corrected chi connectivity index (χ3v) is 2.93. The Labute approximate surface area is 114 Å². The maximum Gasteiger partial charge on any atom is 0.219 e. The number of aliphatic hydroxyl groups excluding tert-OH is 1. The number of pyridine rings is 1. The summed E-state index contributed by atoms with van der Waals surface area (Å²) in [6, 6.07) is 11.2. The first kappa shape index (κ1) is 12.3. The van der Waals surface area contributed by atoms with Crippen molar-refractivity contribution in [1.29, 1.82) is 0 Å². The van der Waals surface area contributed by atoms with Crippen molar-refractivity contribution in [2.24, 2.45) is 0 Å². The number of aromatic nitrogens is 1. The number of benzene rings is 1. The van der Waals surface area contributed by atoms with Gasteiger partial charge in [-0.2, -0.15) is 0 Å². The van der Waals surface area contributed by atoms with Gasteiger partial charge >= 0.3 is 0 Å². The summed E-state index contributed by atoms with van der Waals surface area (Å²) >= 11 is 2.23. The summed E-state index contributed by atoms with van der Waals surface area (Å²) in [5, 5.41) is 9.47. The highest BCUT2D eigenvalue weighted by molar-refractivity contribution is 14.1. The van der Waals surface area contributed by atoms with E-state index in [4.69, 9.17) is 4.74 Å². The summed E-state index contributed by atoms with van der Waals surface area (Å²) in [5.74, 6) is 1.23. The highest BCUT2D eigenvalue weighted by atomic mass is 127. The van der Waals surface area contributed by atoms with Crippen LogP contribution >= 0.6 is 22.6 Å². The van der Waals surface area contributed by atoms with Crippen molar-refractivity contribution in [2.45, 2.75) is 13.0 Å². The molecule has 0 unspecified atom stereocenters. The minimum atomic E-state index is -0.517. The van der Waals surface area contributed by atoms with E-state index in [1.165, 1.54) is 0 Å². The van der Waals surface area contributed by atoms with E-state index in [9.17, 15) is 5.11 Å². The number of nitrogens with zero attached hydrogens (tertiary/aromatic N) is 1. The van der Waals surface area contributed by atoms with E-state index in [0.717, 1.165) is 14.9 Å². The van der Waals surface area contributed by atoms with E-state index in [1.54, 1.807) is 25.3 Å². The summed E-state index contributed by atoms with van der Waals surface area (Å²) < 4.78 is 6.73. The van der Waals surface area contributed by atoms with E-state index in [2.05, 4.69) is 27.6 Å². The zero-order valence-electron chi connectivity index (χ0n) is 9.30. The first-order chi connectivity index (χ1) is 8.15. The second-order valence-electron chi connectivity index (χ2n) is 3.66. The number of rotatable bonds is 3. The fraction of sp³-hybridized carbons (Fsp3) is 0.154. The molecule has 0 radical (unpaired) electrons. The lowest BCUT2D eigenvalue weighted by atomic mass is 10.2. The van der Waals surface area contributed by atoms with Gasteiger partial charge < -0.3 is 9.84 Å². The van der Waals surface area contributed by atoms with Gasteiger partial charge in [0.1, 0.15) is 5.75 Å². The Kier molecular flexibility index (Phi) is 3.96. The Morgan fingerprint density at radius 2 is 2.12 bits per heavy atom. The quantitative estimate of drug-likeness (QED) is 0.869. The van der Waals surface area contributed by atoms with Gasteiger partial charge in [-0.3, -0.25) is 0 Å². The fourth-order valence-electron chi connectivity index (χ4n) is 1.39. The summed E-state index contributed by atoms with van der Waals surface area (Å²) in [6.07, 6.45) is 1.11. The van der Waals surface area contributed by atoms with Crippen LogP contribution in [-0.2, 0) is 0 Å².